The number of anilines is 1. The van der Waals surface area contributed by atoms with Crippen LogP contribution in [0, 0.1) is 0 Å². The van der Waals surface area contributed by atoms with Crippen LogP contribution in [0.25, 0.3) is 0 Å². The van der Waals surface area contributed by atoms with E-state index in [4.69, 9.17) is 23.2 Å². The molecule has 0 aromatic heterocycles. The van der Waals surface area contributed by atoms with Crippen LogP contribution in [0.1, 0.15) is 45.1 Å². The zero-order valence-electron chi connectivity index (χ0n) is 20.3. The van der Waals surface area contributed by atoms with Crippen LogP contribution in [0.3, 0.4) is 0 Å². The molecule has 1 atom stereocenters. The number of amides is 2. The lowest BCUT2D eigenvalue weighted by atomic mass is 10.1. The Bertz CT molecular complexity index is 1090. The van der Waals surface area contributed by atoms with Crippen LogP contribution < -0.4 is 9.62 Å². The average molecular weight is 543 g/mol. The number of sulfonamides is 1. The van der Waals surface area contributed by atoms with Crippen molar-refractivity contribution in [2.24, 2.45) is 0 Å². The molecule has 2 rings (SSSR count). The molecule has 0 saturated heterocycles. The van der Waals surface area contributed by atoms with Gasteiger partial charge in [0.1, 0.15) is 6.04 Å². The largest absolute Gasteiger partial charge is 0.354 e. The molecule has 1 N–H and O–H groups in total. The number of hydrogen-bond acceptors (Lipinski definition) is 4. The Labute approximate surface area is 218 Å². The molecule has 10 heteroatoms. The molecule has 1 unspecified atom stereocenters. The summed E-state index contributed by atoms with van der Waals surface area (Å²) in [5.41, 5.74) is 1.20. The van der Waals surface area contributed by atoms with E-state index in [9.17, 15) is 18.0 Å². The third-order valence-electron chi connectivity index (χ3n) is 5.56. The van der Waals surface area contributed by atoms with Crippen LogP contribution >= 0.6 is 23.2 Å². The molecular formula is C25H33Cl2N3O4S. The number of carbonyl (C=O) groups is 2. The smallest absolute Gasteiger partial charge is 0.242 e. The summed E-state index contributed by atoms with van der Waals surface area (Å²) in [6.07, 6.45) is 3.26. The highest BCUT2D eigenvalue weighted by atomic mass is 35.5. The van der Waals surface area contributed by atoms with Crippen molar-refractivity contribution in [2.75, 3.05) is 23.7 Å². The van der Waals surface area contributed by atoms with Crippen molar-refractivity contribution in [3.8, 4) is 0 Å². The van der Waals surface area contributed by atoms with Crippen molar-refractivity contribution in [1.29, 1.82) is 0 Å². The minimum atomic E-state index is -3.56. The third kappa shape index (κ3) is 9.02. The van der Waals surface area contributed by atoms with Gasteiger partial charge >= 0.3 is 0 Å². The number of rotatable bonds is 13. The highest BCUT2D eigenvalue weighted by molar-refractivity contribution is 7.92. The topological polar surface area (TPSA) is 86.8 Å². The third-order valence-corrected chi connectivity index (χ3v) is 7.38. The number of benzene rings is 2. The lowest BCUT2D eigenvalue weighted by Gasteiger charge is -2.29. The Balaban J connectivity index is 2.14. The van der Waals surface area contributed by atoms with Gasteiger partial charge in [-0.3, -0.25) is 13.9 Å². The average Bonchev–Trinajstić information content (AvgIpc) is 2.81. The van der Waals surface area contributed by atoms with Gasteiger partial charge in [-0.1, -0.05) is 54.7 Å². The van der Waals surface area contributed by atoms with E-state index >= 15 is 0 Å². The number of nitrogens with one attached hydrogen (secondary N) is 1. The van der Waals surface area contributed by atoms with Crippen molar-refractivity contribution in [3.05, 3.63) is 64.1 Å². The van der Waals surface area contributed by atoms with Gasteiger partial charge in [0.25, 0.3) is 0 Å². The van der Waals surface area contributed by atoms with Crippen LogP contribution in [0.15, 0.2) is 48.5 Å². The molecule has 2 aromatic rings. The molecule has 0 heterocycles. The molecule has 0 saturated carbocycles. The fourth-order valence-electron chi connectivity index (χ4n) is 3.54. The molecule has 0 bridgehead atoms. The molecule has 2 amide bonds. The Morgan fingerprint density at radius 2 is 1.69 bits per heavy atom. The quantitative estimate of drug-likeness (QED) is 0.366. The van der Waals surface area contributed by atoms with Gasteiger partial charge in [0, 0.05) is 36.1 Å². The fraction of sp³-hybridized carbons (Fsp3) is 0.440. The lowest BCUT2D eigenvalue weighted by molar-refractivity contribution is -0.140. The molecule has 2 aromatic carbocycles. The first-order valence-corrected chi connectivity index (χ1v) is 14.2. The maximum absolute atomic E-state index is 13.3. The summed E-state index contributed by atoms with van der Waals surface area (Å²) in [7, 11) is -3.56. The van der Waals surface area contributed by atoms with Crippen LogP contribution in [0.5, 0.6) is 0 Å². The Hall–Kier alpha value is -2.29. The van der Waals surface area contributed by atoms with E-state index < -0.39 is 16.1 Å². The molecule has 192 valence electrons. The van der Waals surface area contributed by atoms with Crippen LogP contribution in [-0.4, -0.2) is 50.5 Å². The maximum Gasteiger partial charge on any atom is 0.242 e. The maximum atomic E-state index is 13.3. The number of halogens is 2. The van der Waals surface area contributed by atoms with Gasteiger partial charge in [-0.05, 0) is 55.7 Å². The van der Waals surface area contributed by atoms with Crippen LogP contribution in [-0.2, 0) is 26.2 Å². The first-order valence-electron chi connectivity index (χ1n) is 11.6. The van der Waals surface area contributed by atoms with Gasteiger partial charge < -0.3 is 10.2 Å². The first kappa shape index (κ1) is 28.9. The monoisotopic (exact) mass is 541 g/mol. The molecule has 0 radical (unpaired) electrons. The van der Waals surface area contributed by atoms with Crippen LogP contribution in [0.2, 0.25) is 10.0 Å². The van der Waals surface area contributed by atoms with Gasteiger partial charge in [0.15, 0.2) is 0 Å². The van der Waals surface area contributed by atoms with E-state index in [1.807, 2.05) is 19.1 Å². The summed E-state index contributed by atoms with van der Waals surface area (Å²) >= 11 is 12.2. The SMILES string of the molecule is CCCCNC(=O)C(C)N(Cc1ccccc1Cl)C(=O)CCCN(c1ccc(Cl)cc1)S(C)(=O)=O. The predicted octanol–water partition coefficient (Wildman–Crippen LogP) is 4.87. The molecule has 35 heavy (non-hydrogen) atoms. The lowest BCUT2D eigenvalue weighted by Crippen LogP contribution is -2.48. The molecule has 7 nitrogen and oxygen atoms in total. The zero-order chi connectivity index (χ0) is 26.0. The van der Waals surface area contributed by atoms with E-state index in [0.29, 0.717) is 22.3 Å². The fourth-order valence-corrected chi connectivity index (χ4v) is 4.83. The van der Waals surface area contributed by atoms with Gasteiger partial charge in [-0.25, -0.2) is 8.42 Å². The Morgan fingerprint density at radius 1 is 1.03 bits per heavy atom. The van der Waals surface area contributed by atoms with Crippen molar-refractivity contribution in [2.45, 2.75) is 52.1 Å². The Kier molecular flexibility index (Phi) is 11.3. The molecule has 0 aliphatic heterocycles. The van der Waals surface area contributed by atoms with E-state index in [2.05, 4.69) is 5.32 Å². The molecular weight excluding hydrogens is 509 g/mol. The number of nitrogens with zero attached hydrogens (tertiary/aromatic N) is 2. The highest BCUT2D eigenvalue weighted by Gasteiger charge is 2.27. The second-order valence-electron chi connectivity index (χ2n) is 8.35. The summed E-state index contributed by atoms with van der Waals surface area (Å²) < 4.78 is 26.0. The van der Waals surface area contributed by atoms with Gasteiger partial charge in [-0.2, -0.15) is 0 Å². The first-order chi connectivity index (χ1) is 16.5. The van der Waals surface area contributed by atoms with Gasteiger partial charge in [-0.15, -0.1) is 0 Å². The van der Waals surface area contributed by atoms with E-state index in [1.54, 1.807) is 43.3 Å². The zero-order valence-corrected chi connectivity index (χ0v) is 22.7. The molecule has 0 aliphatic rings. The van der Waals surface area contributed by atoms with Gasteiger partial charge in [0.05, 0.1) is 11.9 Å². The van der Waals surface area contributed by atoms with Crippen molar-refractivity contribution in [1.82, 2.24) is 10.2 Å². The summed E-state index contributed by atoms with van der Waals surface area (Å²) in [6, 6.07) is 12.9. The van der Waals surface area contributed by atoms with Crippen molar-refractivity contribution in [3.63, 3.8) is 0 Å². The predicted molar refractivity (Wildman–Crippen MR) is 142 cm³/mol. The normalized spacial score (nSPS) is 12.1. The second kappa shape index (κ2) is 13.7. The summed E-state index contributed by atoms with van der Waals surface area (Å²) in [4.78, 5) is 27.5. The minimum absolute atomic E-state index is 0.0661. The standard InChI is InChI=1S/C25H33Cl2N3O4S/c1-4-5-16-28-25(32)19(2)29(18-20-9-6-7-10-23(20)27)24(31)11-8-17-30(35(3,33)34)22-14-12-21(26)13-15-22/h6-7,9-10,12-15,19H,4-5,8,11,16-18H2,1-3H3,(H,28,32). The number of unbranched alkanes of at least 4 members (excludes halogenated alkanes) is 1. The highest BCUT2D eigenvalue weighted by Crippen LogP contribution is 2.22. The minimum Gasteiger partial charge on any atom is -0.354 e. The Morgan fingerprint density at radius 3 is 2.29 bits per heavy atom. The number of carbonyl (C=O) groups excluding carboxylic acids is 2. The summed E-state index contributed by atoms with van der Waals surface area (Å²) in [5.74, 6) is -0.495. The summed E-state index contributed by atoms with van der Waals surface area (Å²) in [6.45, 7) is 4.55. The number of hydrogen-bond donors (Lipinski definition) is 1. The molecule has 0 fully saturated rings. The van der Waals surface area contributed by atoms with Crippen LogP contribution in [0.4, 0.5) is 5.69 Å². The second-order valence-corrected chi connectivity index (χ2v) is 11.1. The summed E-state index contributed by atoms with van der Waals surface area (Å²) in [5, 5.41) is 3.88. The van der Waals surface area contributed by atoms with Crippen molar-refractivity contribution >= 4 is 50.7 Å². The van der Waals surface area contributed by atoms with E-state index in [1.165, 1.54) is 9.21 Å². The van der Waals surface area contributed by atoms with Crippen molar-refractivity contribution < 1.29 is 18.0 Å². The molecule has 0 aliphatic carbocycles. The van der Waals surface area contributed by atoms with E-state index in [0.717, 1.165) is 24.7 Å². The molecule has 0 spiro atoms. The van der Waals surface area contributed by atoms with E-state index in [-0.39, 0.29) is 37.7 Å². The van der Waals surface area contributed by atoms with Gasteiger partial charge in [0.2, 0.25) is 21.8 Å².